The fourth-order valence-electron chi connectivity index (χ4n) is 4.32. The van der Waals surface area contributed by atoms with Crippen LogP contribution in [0.15, 0.2) is 60.7 Å². The average molecular weight is 446 g/mol. The van der Waals surface area contributed by atoms with Gasteiger partial charge in [-0.25, -0.2) is 0 Å². The van der Waals surface area contributed by atoms with Gasteiger partial charge in [0.25, 0.3) is 5.91 Å². The zero-order valence-electron chi connectivity index (χ0n) is 19.2. The zero-order chi connectivity index (χ0) is 23.8. The summed E-state index contributed by atoms with van der Waals surface area (Å²) in [5.41, 5.74) is 2.59. The third-order valence-corrected chi connectivity index (χ3v) is 6.19. The average Bonchev–Trinajstić information content (AvgIpc) is 3.02. The van der Waals surface area contributed by atoms with Crippen LogP contribution in [0.4, 0.5) is 5.69 Å². The molecule has 0 bridgehead atoms. The molecule has 4 rings (SSSR count). The molecular formula is C27H27NO5. The minimum atomic E-state index is -1.95. The Morgan fingerprint density at radius 2 is 1.70 bits per heavy atom. The molecule has 0 saturated carbocycles. The van der Waals surface area contributed by atoms with E-state index < -0.39 is 11.5 Å². The summed E-state index contributed by atoms with van der Waals surface area (Å²) in [7, 11) is 3.00. The van der Waals surface area contributed by atoms with Gasteiger partial charge in [-0.15, -0.1) is 0 Å². The van der Waals surface area contributed by atoms with Crippen LogP contribution in [0.2, 0.25) is 0 Å². The van der Waals surface area contributed by atoms with Crippen LogP contribution < -0.4 is 14.4 Å². The molecule has 1 aliphatic rings. The van der Waals surface area contributed by atoms with Gasteiger partial charge in [0.1, 0.15) is 0 Å². The van der Waals surface area contributed by atoms with Crippen LogP contribution in [0.3, 0.4) is 0 Å². The van der Waals surface area contributed by atoms with Crippen molar-refractivity contribution in [3.8, 4) is 11.5 Å². The molecular weight excluding hydrogens is 418 g/mol. The summed E-state index contributed by atoms with van der Waals surface area (Å²) in [6.45, 7) is 4.31. The van der Waals surface area contributed by atoms with Gasteiger partial charge >= 0.3 is 0 Å². The fraction of sp³-hybridized carbons (Fsp3) is 0.259. The third-order valence-electron chi connectivity index (χ3n) is 6.19. The van der Waals surface area contributed by atoms with Gasteiger partial charge in [-0.3, -0.25) is 9.59 Å². The fourth-order valence-corrected chi connectivity index (χ4v) is 4.32. The van der Waals surface area contributed by atoms with Crippen molar-refractivity contribution < 1.29 is 24.2 Å². The number of ketones is 1. The first-order chi connectivity index (χ1) is 15.8. The standard InChI is InChI=1S/C27H27NO5/c1-17-9-10-18(2)20(13-17)16-28-22-8-6-5-7-21(22)27(31,26(28)30)15-23(29)19-11-12-24(32-3)25(14-19)33-4/h5-14,31H,15-16H2,1-4H3. The van der Waals surface area contributed by atoms with Crippen LogP contribution in [0, 0.1) is 13.8 Å². The molecule has 170 valence electrons. The number of Topliss-reactive ketones (excluding diaryl/α,β-unsaturated/α-hetero) is 1. The van der Waals surface area contributed by atoms with Gasteiger partial charge in [-0.1, -0.05) is 42.0 Å². The molecule has 6 heteroatoms. The minimum absolute atomic E-state index is 0.316. The summed E-state index contributed by atoms with van der Waals surface area (Å²) in [6.07, 6.45) is -0.373. The van der Waals surface area contributed by atoms with E-state index in [0.717, 1.165) is 16.7 Å². The third kappa shape index (κ3) is 3.98. The molecule has 33 heavy (non-hydrogen) atoms. The molecule has 0 radical (unpaired) electrons. The molecule has 1 heterocycles. The number of methoxy groups -OCH3 is 2. The smallest absolute Gasteiger partial charge is 0.264 e. The van der Waals surface area contributed by atoms with E-state index >= 15 is 0 Å². The number of carbonyl (C=O) groups excluding carboxylic acids is 2. The van der Waals surface area contributed by atoms with Crippen LogP contribution in [-0.2, 0) is 16.9 Å². The summed E-state index contributed by atoms with van der Waals surface area (Å²) in [5, 5.41) is 11.6. The summed E-state index contributed by atoms with van der Waals surface area (Å²) in [6, 6.07) is 18.0. The number of hydrogen-bond donors (Lipinski definition) is 1. The van der Waals surface area contributed by atoms with E-state index in [1.54, 1.807) is 41.3 Å². The molecule has 1 unspecified atom stereocenters. The van der Waals surface area contributed by atoms with Crippen molar-refractivity contribution in [2.75, 3.05) is 19.1 Å². The molecule has 0 aliphatic carbocycles. The maximum Gasteiger partial charge on any atom is 0.264 e. The second-order valence-corrected chi connectivity index (χ2v) is 8.37. The largest absolute Gasteiger partial charge is 0.493 e. The van der Waals surface area contributed by atoms with Crippen molar-refractivity contribution in [1.29, 1.82) is 0 Å². The van der Waals surface area contributed by atoms with Crippen molar-refractivity contribution >= 4 is 17.4 Å². The number of carbonyl (C=O) groups is 2. The Morgan fingerprint density at radius 1 is 0.970 bits per heavy atom. The first kappa shape index (κ1) is 22.6. The molecule has 0 saturated heterocycles. The molecule has 1 amide bonds. The number of nitrogens with zero attached hydrogens (tertiary/aromatic N) is 1. The molecule has 1 N–H and O–H groups in total. The number of benzene rings is 3. The van der Waals surface area contributed by atoms with Crippen molar-refractivity contribution in [2.24, 2.45) is 0 Å². The van der Waals surface area contributed by atoms with E-state index in [1.807, 2.05) is 38.1 Å². The molecule has 0 aromatic heterocycles. The van der Waals surface area contributed by atoms with Gasteiger partial charge in [0.15, 0.2) is 22.9 Å². The van der Waals surface area contributed by atoms with Crippen molar-refractivity contribution in [3.63, 3.8) is 0 Å². The predicted octanol–water partition coefficient (Wildman–Crippen LogP) is 4.33. The Bertz CT molecular complexity index is 1230. The highest BCUT2D eigenvalue weighted by Crippen LogP contribution is 2.44. The SMILES string of the molecule is COc1ccc(C(=O)CC2(O)C(=O)N(Cc3cc(C)ccc3C)c3ccccc32)cc1OC. The molecule has 6 nitrogen and oxygen atoms in total. The maximum atomic E-state index is 13.6. The lowest BCUT2D eigenvalue weighted by molar-refractivity contribution is -0.136. The first-order valence-corrected chi connectivity index (χ1v) is 10.7. The minimum Gasteiger partial charge on any atom is -0.493 e. The van der Waals surface area contributed by atoms with Crippen molar-refractivity contribution in [2.45, 2.75) is 32.4 Å². The molecule has 3 aromatic rings. The van der Waals surface area contributed by atoms with Gasteiger partial charge < -0.3 is 19.5 Å². The van der Waals surface area contributed by atoms with Crippen LogP contribution in [-0.4, -0.2) is 31.0 Å². The Morgan fingerprint density at radius 3 is 2.42 bits per heavy atom. The number of aryl methyl sites for hydroxylation is 2. The molecule has 0 fully saturated rings. The number of ether oxygens (including phenoxy) is 2. The lowest BCUT2D eigenvalue weighted by Gasteiger charge is -2.23. The van der Waals surface area contributed by atoms with E-state index in [9.17, 15) is 14.7 Å². The summed E-state index contributed by atoms with van der Waals surface area (Å²) >= 11 is 0. The van der Waals surface area contributed by atoms with E-state index in [2.05, 4.69) is 0 Å². The number of para-hydroxylation sites is 1. The number of amides is 1. The summed E-state index contributed by atoms with van der Waals surface area (Å²) in [5.74, 6) is 0.0356. The monoisotopic (exact) mass is 445 g/mol. The second-order valence-electron chi connectivity index (χ2n) is 8.37. The second kappa shape index (κ2) is 8.71. The van der Waals surface area contributed by atoms with Gasteiger partial charge in [0.2, 0.25) is 0 Å². The topological polar surface area (TPSA) is 76.1 Å². The van der Waals surface area contributed by atoms with E-state index in [1.165, 1.54) is 14.2 Å². The lowest BCUT2D eigenvalue weighted by Crippen LogP contribution is -2.41. The van der Waals surface area contributed by atoms with E-state index in [0.29, 0.717) is 34.9 Å². The van der Waals surface area contributed by atoms with Crippen LogP contribution in [0.25, 0.3) is 0 Å². The Hall–Kier alpha value is -3.64. The summed E-state index contributed by atoms with van der Waals surface area (Å²) in [4.78, 5) is 28.3. The highest BCUT2D eigenvalue weighted by Gasteiger charge is 2.50. The Labute approximate surface area is 193 Å². The molecule has 3 aromatic carbocycles. The van der Waals surface area contributed by atoms with Gasteiger partial charge in [-0.2, -0.15) is 0 Å². The van der Waals surface area contributed by atoms with Crippen LogP contribution >= 0.6 is 0 Å². The Balaban J connectivity index is 1.68. The lowest BCUT2D eigenvalue weighted by atomic mass is 9.88. The molecule has 0 spiro atoms. The highest BCUT2D eigenvalue weighted by molar-refractivity contribution is 6.10. The highest BCUT2D eigenvalue weighted by atomic mass is 16.5. The van der Waals surface area contributed by atoms with Crippen LogP contribution in [0.5, 0.6) is 11.5 Å². The number of hydrogen-bond acceptors (Lipinski definition) is 5. The van der Waals surface area contributed by atoms with Crippen LogP contribution in [0.1, 0.15) is 39.0 Å². The molecule has 1 atom stereocenters. The predicted molar refractivity (Wildman–Crippen MR) is 126 cm³/mol. The van der Waals surface area contributed by atoms with Crippen molar-refractivity contribution in [3.05, 3.63) is 88.5 Å². The maximum absolute atomic E-state index is 13.6. The van der Waals surface area contributed by atoms with Gasteiger partial charge in [0, 0.05) is 11.1 Å². The van der Waals surface area contributed by atoms with E-state index in [-0.39, 0.29) is 12.2 Å². The number of fused-ring (bicyclic) bond motifs is 1. The summed E-state index contributed by atoms with van der Waals surface area (Å²) < 4.78 is 10.5. The van der Waals surface area contributed by atoms with Crippen molar-refractivity contribution in [1.82, 2.24) is 0 Å². The zero-order valence-corrected chi connectivity index (χ0v) is 19.2. The quantitative estimate of drug-likeness (QED) is 0.548. The number of rotatable bonds is 7. The van der Waals surface area contributed by atoms with Gasteiger partial charge in [0.05, 0.1) is 32.9 Å². The van der Waals surface area contributed by atoms with E-state index in [4.69, 9.17) is 9.47 Å². The first-order valence-electron chi connectivity index (χ1n) is 10.7. The van der Waals surface area contributed by atoms with Gasteiger partial charge in [-0.05, 0) is 49.2 Å². The Kier molecular flexibility index (Phi) is 5.95. The normalized spacial score (nSPS) is 17.1. The number of anilines is 1. The number of aliphatic hydroxyl groups is 1. The molecule has 1 aliphatic heterocycles.